The maximum Gasteiger partial charge on any atom is 0.242 e. The van der Waals surface area contributed by atoms with Crippen molar-refractivity contribution in [2.24, 2.45) is 0 Å². The first-order valence-corrected chi connectivity index (χ1v) is 9.40. The van der Waals surface area contributed by atoms with Crippen molar-refractivity contribution in [1.82, 2.24) is 4.72 Å². The Hall–Kier alpha value is -1.89. The Morgan fingerprint density at radius 1 is 1.21 bits per heavy atom. The van der Waals surface area contributed by atoms with Crippen molar-refractivity contribution >= 4 is 33.2 Å². The molecule has 0 radical (unpaired) electrons. The van der Waals surface area contributed by atoms with E-state index >= 15 is 0 Å². The number of hydrogen-bond acceptors (Lipinski definition) is 3. The van der Waals surface area contributed by atoms with Crippen LogP contribution in [0.15, 0.2) is 53.4 Å². The zero-order valence-corrected chi connectivity index (χ0v) is 14.6. The van der Waals surface area contributed by atoms with E-state index in [1.54, 1.807) is 4.90 Å². The molecule has 2 aromatic carbocycles. The highest BCUT2D eigenvalue weighted by Gasteiger charge is 2.31. The second-order valence-electron chi connectivity index (χ2n) is 5.72. The van der Waals surface area contributed by atoms with Gasteiger partial charge in [-0.25, -0.2) is 13.1 Å². The largest absolute Gasteiger partial charge is 0.308 e. The molecular weight excluding hydrogens is 348 g/mol. The van der Waals surface area contributed by atoms with E-state index in [0.29, 0.717) is 5.02 Å². The van der Waals surface area contributed by atoms with Gasteiger partial charge in [0.2, 0.25) is 15.9 Å². The number of carbonyl (C=O) groups is 1. The normalized spacial score (nSPS) is 16.9. The van der Waals surface area contributed by atoms with Crippen LogP contribution in [0.25, 0.3) is 0 Å². The monoisotopic (exact) mass is 364 g/mol. The summed E-state index contributed by atoms with van der Waals surface area (Å²) in [4.78, 5) is 14.3. The predicted molar refractivity (Wildman–Crippen MR) is 93.7 cm³/mol. The van der Waals surface area contributed by atoms with Crippen LogP contribution in [0, 0.1) is 0 Å². The number of amides is 1. The summed E-state index contributed by atoms with van der Waals surface area (Å²) < 4.78 is 26.9. The highest BCUT2D eigenvalue weighted by molar-refractivity contribution is 7.89. The molecule has 0 aliphatic carbocycles. The molecule has 7 heteroatoms. The van der Waals surface area contributed by atoms with Gasteiger partial charge in [0, 0.05) is 16.8 Å². The first kappa shape index (κ1) is 17.0. The molecule has 126 valence electrons. The summed E-state index contributed by atoms with van der Waals surface area (Å²) in [5.41, 5.74) is 1.94. The van der Waals surface area contributed by atoms with E-state index in [2.05, 4.69) is 4.72 Å². The summed E-state index contributed by atoms with van der Waals surface area (Å²) in [6.07, 6.45) is 0.770. The van der Waals surface area contributed by atoms with Crippen molar-refractivity contribution in [3.05, 3.63) is 59.1 Å². The first-order valence-electron chi connectivity index (χ1n) is 7.54. The number of nitrogens with one attached hydrogen (secondary N) is 1. The van der Waals surface area contributed by atoms with Crippen LogP contribution < -0.4 is 9.62 Å². The van der Waals surface area contributed by atoms with Crippen molar-refractivity contribution in [2.75, 3.05) is 11.4 Å². The lowest BCUT2D eigenvalue weighted by molar-refractivity contribution is -0.117. The Labute approximate surface area is 146 Å². The summed E-state index contributed by atoms with van der Waals surface area (Å²) in [5.74, 6) is -0.273. The van der Waals surface area contributed by atoms with Gasteiger partial charge in [-0.3, -0.25) is 4.79 Å². The van der Waals surface area contributed by atoms with E-state index < -0.39 is 10.0 Å². The summed E-state index contributed by atoms with van der Waals surface area (Å²) in [5, 5.41) is 0.451. The summed E-state index contributed by atoms with van der Waals surface area (Å²) in [6, 6.07) is 13.5. The van der Waals surface area contributed by atoms with Gasteiger partial charge in [-0.05, 0) is 49.2 Å². The molecule has 0 saturated heterocycles. The second kappa shape index (κ2) is 6.55. The molecule has 0 aromatic heterocycles. The average Bonchev–Trinajstić information content (AvgIpc) is 2.89. The van der Waals surface area contributed by atoms with E-state index in [0.717, 1.165) is 17.7 Å². The molecule has 1 heterocycles. The Morgan fingerprint density at radius 3 is 2.58 bits per heavy atom. The molecule has 0 saturated carbocycles. The molecular formula is C17H17ClN2O3S. The standard InChI is InChI=1S/C17H17ClN2O3S/c1-12-10-13-4-2-3-5-16(13)20(12)17(21)11-19-24(22,23)15-8-6-14(18)7-9-15/h2-9,12,19H,10-11H2,1H3. The van der Waals surface area contributed by atoms with Crippen LogP contribution in [0.3, 0.4) is 0 Å². The predicted octanol–water partition coefficient (Wildman–Crippen LogP) is 2.60. The molecule has 1 aliphatic rings. The SMILES string of the molecule is CC1Cc2ccccc2N1C(=O)CNS(=O)(=O)c1ccc(Cl)cc1. The highest BCUT2D eigenvalue weighted by Crippen LogP contribution is 2.31. The fourth-order valence-electron chi connectivity index (χ4n) is 2.88. The minimum absolute atomic E-state index is 0.00920. The van der Waals surface area contributed by atoms with Crippen molar-refractivity contribution in [3.63, 3.8) is 0 Å². The number of hydrogen-bond donors (Lipinski definition) is 1. The third kappa shape index (κ3) is 3.31. The minimum Gasteiger partial charge on any atom is -0.308 e. The number of benzene rings is 2. The van der Waals surface area contributed by atoms with Crippen LogP contribution in [-0.4, -0.2) is 26.9 Å². The second-order valence-corrected chi connectivity index (χ2v) is 7.93. The fraction of sp³-hybridized carbons (Fsp3) is 0.235. The molecule has 2 aromatic rings. The molecule has 0 fully saturated rings. The van der Waals surface area contributed by atoms with E-state index in [9.17, 15) is 13.2 Å². The number of carbonyl (C=O) groups excluding carboxylic acids is 1. The summed E-state index contributed by atoms with van der Waals surface area (Å²) in [6.45, 7) is 1.66. The Bertz CT molecular complexity index is 866. The lowest BCUT2D eigenvalue weighted by Crippen LogP contribution is -2.43. The van der Waals surface area contributed by atoms with Crippen molar-refractivity contribution < 1.29 is 13.2 Å². The molecule has 1 unspecified atom stereocenters. The molecule has 1 aliphatic heterocycles. The van der Waals surface area contributed by atoms with Crippen molar-refractivity contribution in [1.29, 1.82) is 0 Å². The Balaban J connectivity index is 1.73. The van der Waals surface area contributed by atoms with Crippen LogP contribution >= 0.6 is 11.6 Å². The minimum atomic E-state index is -3.75. The number of anilines is 1. The highest BCUT2D eigenvalue weighted by atomic mass is 35.5. The van der Waals surface area contributed by atoms with Gasteiger partial charge in [0.1, 0.15) is 0 Å². The third-order valence-electron chi connectivity index (χ3n) is 4.01. The van der Waals surface area contributed by atoms with Gasteiger partial charge in [-0.2, -0.15) is 0 Å². The molecule has 0 bridgehead atoms. The molecule has 24 heavy (non-hydrogen) atoms. The zero-order valence-electron chi connectivity index (χ0n) is 13.1. The van der Waals surface area contributed by atoms with E-state index in [1.165, 1.54) is 24.3 Å². The fourth-order valence-corrected chi connectivity index (χ4v) is 3.99. The van der Waals surface area contributed by atoms with Gasteiger partial charge in [0.25, 0.3) is 0 Å². The first-order chi connectivity index (χ1) is 11.4. The maximum atomic E-state index is 12.5. The van der Waals surface area contributed by atoms with Gasteiger partial charge in [0.15, 0.2) is 0 Å². The number of halogens is 1. The Morgan fingerprint density at radius 2 is 1.88 bits per heavy atom. The molecule has 3 rings (SSSR count). The number of nitrogens with zero attached hydrogens (tertiary/aromatic N) is 1. The van der Waals surface area contributed by atoms with Gasteiger partial charge in [-0.1, -0.05) is 29.8 Å². The van der Waals surface area contributed by atoms with E-state index in [4.69, 9.17) is 11.6 Å². The molecule has 1 atom stereocenters. The van der Waals surface area contributed by atoms with E-state index in [1.807, 2.05) is 31.2 Å². The molecule has 1 N–H and O–H groups in total. The third-order valence-corrected chi connectivity index (χ3v) is 5.68. The zero-order chi connectivity index (χ0) is 17.3. The topological polar surface area (TPSA) is 66.5 Å². The van der Waals surface area contributed by atoms with Gasteiger partial charge < -0.3 is 4.90 Å². The number of sulfonamides is 1. The van der Waals surface area contributed by atoms with Crippen LogP contribution in [0.4, 0.5) is 5.69 Å². The van der Waals surface area contributed by atoms with Crippen LogP contribution in [-0.2, 0) is 21.2 Å². The van der Waals surface area contributed by atoms with Crippen LogP contribution in [0.1, 0.15) is 12.5 Å². The van der Waals surface area contributed by atoms with E-state index in [-0.39, 0.29) is 23.4 Å². The summed E-state index contributed by atoms with van der Waals surface area (Å²) >= 11 is 5.76. The lowest BCUT2D eigenvalue weighted by atomic mass is 10.1. The number of fused-ring (bicyclic) bond motifs is 1. The van der Waals surface area contributed by atoms with Crippen LogP contribution in [0.5, 0.6) is 0 Å². The number of para-hydroxylation sites is 1. The lowest BCUT2D eigenvalue weighted by Gasteiger charge is -2.22. The molecule has 0 spiro atoms. The smallest absolute Gasteiger partial charge is 0.242 e. The van der Waals surface area contributed by atoms with Gasteiger partial charge >= 0.3 is 0 Å². The summed E-state index contributed by atoms with van der Waals surface area (Å²) in [7, 11) is -3.75. The van der Waals surface area contributed by atoms with Crippen LogP contribution in [0.2, 0.25) is 5.02 Å². The maximum absolute atomic E-state index is 12.5. The molecule has 5 nitrogen and oxygen atoms in total. The Kier molecular flexibility index (Phi) is 4.62. The van der Waals surface area contributed by atoms with Crippen molar-refractivity contribution in [3.8, 4) is 0 Å². The van der Waals surface area contributed by atoms with Gasteiger partial charge in [-0.15, -0.1) is 0 Å². The van der Waals surface area contributed by atoms with Crippen molar-refractivity contribution in [2.45, 2.75) is 24.3 Å². The quantitative estimate of drug-likeness (QED) is 0.906. The number of rotatable bonds is 4. The average molecular weight is 365 g/mol. The molecule has 1 amide bonds. The van der Waals surface area contributed by atoms with Gasteiger partial charge in [0.05, 0.1) is 11.4 Å².